The molecule has 0 unspecified atom stereocenters. The molecule has 17 heavy (non-hydrogen) atoms. The van der Waals surface area contributed by atoms with Gasteiger partial charge in [0.25, 0.3) is 0 Å². The van der Waals surface area contributed by atoms with Crippen molar-refractivity contribution in [1.82, 2.24) is 5.32 Å². The monoisotopic (exact) mass is 233 g/mol. The van der Waals surface area contributed by atoms with E-state index in [9.17, 15) is 4.79 Å². The Hall–Kier alpha value is -1.55. The topological polar surface area (TPSA) is 58.4 Å². The quantitative estimate of drug-likeness (QED) is 0.811. The normalized spacial score (nSPS) is 16.4. The number of anilines is 1. The molecule has 1 aliphatic rings. The molecule has 4 heteroatoms. The van der Waals surface area contributed by atoms with Gasteiger partial charge in [0, 0.05) is 26.3 Å². The van der Waals surface area contributed by atoms with Crippen molar-refractivity contribution < 1.29 is 4.79 Å². The van der Waals surface area contributed by atoms with Gasteiger partial charge in [0.2, 0.25) is 5.91 Å². The van der Waals surface area contributed by atoms with Gasteiger partial charge in [-0.15, -0.1) is 0 Å². The predicted molar refractivity (Wildman–Crippen MR) is 68.8 cm³/mol. The van der Waals surface area contributed by atoms with Crippen LogP contribution in [0.4, 0.5) is 5.69 Å². The van der Waals surface area contributed by atoms with Crippen molar-refractivity contribution in [3.05, 3.63) is 29.8 Å². The summed E-state index contributed by atoms with van der Waals surface area (Å²) in [5.41, 5.74) is 7.47. The summed E-state index contributed by atoms with van der Waals surface area (Å²) in [5.74, 6) is -0.0361. The van der Waals surface area contributed by atoms with E-state index in [4.69, 9.17) is 5.73 Å². The first-order chi connectivity index (χ1) is 8.03. The second kappa shape index (κ2) is 4.37. The second-order valence-corrected chi connectivity index (χ2v) is 4.86. The van der Waals surface area contributed by atoms with Gasteiger partial charge in [0.1, 0.15) is 0 Å². The number of carbonyl (C=O) groups excluding carboxylic acids is 1. The Morgan fingerprint density at radius 1 is 1.41 bits per heavy atom. The Bertz CT molecular complexity index is 424. The van der Waals surface area contributed by atoms with E-state index in [1.165, 1.54) is 0 Å². The van der Waals surface area contributed by atoms with Crippen LogP contribution in [0, 0.1) is 0 Å². The van der Waals surface area contributed by atoms with E-state index >= 15 is 0 Å². The van der Waals surface area contributed by atoms with E-state index in [-0.39, 0.29) is 5.91 Å². The van der Waals surface area contributed by atoms with Crippen molar-refractivity contribution in [2.45, 2.75) is 24.9 Å². The van der Waals surface area contributed by atoms with E-state index in [0.29, 0.717) is 6.54 Å². The van der Waals surface area contributed by atoms with E-state index in [0.717, 1.165) is 24.1 Å². The molecule has 1 aromatic rings. The summed E-state index contributed by atoms with van der Waals surface area (Å²) >= 11 is 0. The number of amides is 1. The number of hydrogen-bond donors (Lipinski definition) is 2. The number of nitrogens with one attached hydrogen (secondary N) is 1. The fourth-order valence-corrected chi connectivity index (χ4v) is 1.81. The highest BCUT2D eigenvalue weighted by atomic mass is 16.2. The maximum atomic E-state index is 11.7. The Morgan fingerprint density at radius 3 is 2.65 bits per heavy atom. The molecule has 0 heterocycles. The number of benzene rings is 1. The van der Waals surface area contributed by atoms with Crippen molar-refractivity contribution in [2.75, 3.05) is 19.0 Å². The third-order valence-corrected chi connectivity index (χ3v) is 3.15. The number of nitrogens with zero attached hydrogens (tertiary/aromatic N) is 1. The number of carbonyl (C=O) groups is 1. The highest BCUT2D eigenvalue weighted by Crippen LogP contribution is 2.32. The second-order valence-electron chi connectivity index (χ2n) is 4.86. The van der Waals surface area contributed by atoms with E-state index < -0.39 is 5.54 Å². The van der Waals surface area contributed by atoms with Crippen LogP contribution < -0.4 is 16.0 Å². The molecule has 92 valence electrons. The first-order valence-electron chi connectivity index (χ1n) is 5.85. The van der Waals surface area contributed by atoms with E-state index in [1.54, 1.807) is 0 Å². The van der Waals surface area contributed by atoms with Crippen LogP contribution in [0.25, 0.3) is 0 Å². The summed E-state index contributed by atoms with van der Waals surface area (Å²) in [4.78, 5) is 13.8. The molecule has 3 N–H and O–H groups in total. The van der Waals surface area contributed by atoms with Crippen LogP contribution in [0.5, 0.6) is 0 Å². The van der Waals surface area contributed by atoms with Crippen molar-refractivity contribution in [3.63, 3.8) is 0 Å². The molecule has 1 fully saturated rings. The minimum Gasteiger partial charge on any atom is -0.377 e. The van der Waals surface area contributed by atoms with Gasteiger partial charge >= 0.3 is 0 Å². The number of rotatable bonds is 4. The molecule has 1 aliphatic carbocycles. The number of hydrogen-bond acceptors (Lipinski definition) is 3. The minimum atomic E-state index is -0.590. The summed E-state index contributed by atoms with van der Waals surface area (Å²) in [6.45, 7) is 0.534. The van der Waals surface area contributed by atoms with E-state index in [1.807, 2.05) is 43.3 Å². The molecular formula is C13H19N3O. The SMILES string of the molecule is CN(C)c1ccccc1CNC(=O)C1(N)CC1. The lowest BCUT2D eigenvalue weighted by molar-refractivity contribution is -0.123. The lowest BCUT2D eigenvalue weighted by atomic mass is 10.1. The lowest BCUT2D eigenvalue weighted by Crippen LogP contribution is -2.42. The van der Waals surface area contributed by atoms with E-state index in [2.05, 4.69) is 5.32 Å². The molecule has 0 bridgehead atoms. The van der Waals surface area contributed by atoms with Gasteiger partial charge in [0.05, 0.1) is 5.54 Å². The summed E-state index contributed by atoms with van der Waals surface area (Å²) in [6, 6.07) is 8.03. The molecule has 0 saturated heterocycles. The smallest absolute Gasteiger partial charge is 0.240 e. The van der Waals surface area contributed by atoms with Crippen molar-refractivity contribution in [2.24, 2.45) is 5.73 Å². The predicted octanol–water partition coefficient (Wildman–Crippen LogP) is 0.860. The van der Waals surface area contributed by atoms with Gasteiger partial charge in [0.15, 0.2) is 0 Å². The number of para-hydroxylation sites is 1. The van der Waals surface area contributed by atoms with Crippen LogP contribution >= 0.6 is 0 Å². The summed E-state index contributed by atoms with van der Waals surface area (Å²) in [6.07, 6.45) is 1.60. The third-order valence-electron chi connectivity index (χ3n) is 3.15. The largest absolute Gasteiger partial charge is 0.377 e. The first-order valence-corrected chi connectivity index (χ1v) is 5.85. The minimum absolute atomic E-state index is 0.0361. The van der Waals surface area contributed by atoms with Gasteiger partial charge < -0.3 is 16.0 Å². The van der Waals surface area contributed by atoms with Crippen molar-refractivity contribution in [1.29, 1.82) is 0 Å². The van der Waals surface area contributed by atoms with Crippen molar-refractivity contribution >= 4 is 11.6 Å². The first kappa shape index (κ1) is 11.9. The van der Waals surface area contributed by atoms with Crippen LogP contribution in [0.2, 0.25) is 0 Å². The molecule has 0 aliphatic heterocycles. The van der Waals surface area contributed by atoms with Gasteiger partial charge in [-0.2, -0.15) is 0 Å². The van der Waals surface area contributed by atoms with Crippen LogP contribution in [-0.2, 0) is 11.3 Å². The zero-order valence-corrected chi connectivity index (χ0v) is 10.4. The summed E-state index contributed by atoms with van der Waals surface area (Å²) in [7, 11) is 3.98. The molecule has 4 nitrogen and oxygen atoms in total. The average molecular weight is 233 g/mol. The molecule has 0 aromatic heterocycles. The van der Waals surface area contributed by atoms with Crippen LogP contribution in [-0.4, -0.2) is 25.5 Å². The molecule has 0 radical (unpaired) electrons. The lowest BCUT2D eigenvalue weighted by Gasteiger charge is -2.18. The van der Waals surface area contributed by atoms with Crippen LogP contribution in [0.3, 0.4) is 0 Å². The van der Waals surface area contributed by atoms with Gasteiger partial charge in [-0.3, -0.25) is 4.79 Å². The number of nitrogens with two attached hydrogens (primary N) is 1. The molecule has 1 aromatic carbocycles. The summed E-state index contributed by atoms with van der Waals surface area (Å²) in [5, 5.41) is 2.91. The highest BCUT2D eigenvalue weighted by molar-refractivity contribution is 5.89. The Kier molecular flexibility index (Phi) is 3.07. The van der Waals surface area contributed by atoms with Gasteiger partial charge in [-0.25, -0.2) is 0 Å². The summed E-state index contributed by atoms with van der Waals surface area (Å²) < 4.78 is 0. The van der Waals surface area contributed by atoms with Gasteiger partial charge in [-0.05, 0) is 24.5 Å². The fourth-order valence-electron chi connectivity index (χ4n) is 1.81. The molecule has 0 atom stereocenters. The highest BCUT2D eigenvalue weighted by Gasteiger charge is 2.45. The third kappa shape index (κ3) is 2.58. The van der Waals surface area contributed by atoms with Crippen molar-refractivity contribution in [3.8, 4) is 0 Å². The van der Waals surface area contributed by atoms with Crippen LogP contribution in [0.1, 0.15) is 18.4 Å². The standard InChI is InChI=1S/C13H19N3O/c1-16(2)11-6-4-3-5-10(11)9-15-12(17)13(14)7-8-13/h3-6H,7-9,14H2,1-2H3,(H,15,17). The molecule has 1 saturated carbocycles. The Morgan fingerprint density at radius 2 is 2.06 bits per heavy atom. The molecule has 0 spiro atoms. The average Bonchev–Trinajstić information content (AvgIpc) is 3.06. The molecule has 1 amide bonds. The van der Waals surface area contributed by atoms with Crippen LogP contribution in [0.15, 0.2) is 24.3 Å². The maximum Gasteiger partial charge on any atom is 0.240 e. The zero-order chi connectivity index (χ0) is 12.5. The van der Waals surface area contributed by atoms with Gasteiger partial charge in [-0.1, -0.05) is 18.2 Å². The zero-order valence-electron chi connectivity index (χ0n) is 10.4. The molecule has 2 rings (SSSR count). The molecular weight excluding hydrogens is 214 g/mol. The Balaban J connectivity index is 2.01. The fraction of sp³-hybridized carbons (Fsp3) is 0.462. The Labute approximate surface area is 102 Å². The maximum absolute atomic E-state index is 11.7.